The Morgan fingerprint density at radius 3 is 2.63 bits per heavy atom. The van der Waals surface area contributed by atoms with Crippen LogP contribution in [0.15, 0.2) is 53.4 Å². The Labute approximate surface area is 159 Å². The summed E-state index contributed by atoms with van der Waals surface area (Å²) in [7, 11) is -3.68. The molecular weight excluding hydrogens is 362 g/mol. The fourth-order valence-electron chi connectivity index (χ4n) is 3.22. The highest BCUT2D eigenvalue weighted by atomic mass is 32.2. The van der Waals surface area contributed by atoms with Crippen LogP contribution in [0.25, 0.3) is 0 Å². The van der Waals surface area contributed by atoms with Crippen LogP contribution in [0.1, 0.15) is 41.6 Å². The van der Waals surface area contributed by atoms with Crippen molar-refractivity contribution in [3.63, 3.8) is 0 Å². The Morgan fingerprint density at radius 2 is 1.93 bits per heavy atom. The van der Waals surface area contributed by atoms with Gasteiger partial charge in [-0.05, 0) is 48.2 Å². The second kappa shape index (κ2) is 7.91. The first-order valence-corrected chi connectivity index (χ1v) is 10.3. The first-order chi connectivity index (χ1) is 12.9. The minimum absolute atomic E-state index is 0.0578. The largest absolute Gasteiger partial charge is 0.308 e. The topological polar surface area (TPSA) is 90.3 Å². The third-order valence-electron chi connectivity index (χ3n) is 4.73. The van der Waals surface area contributed by atoms with Crippen molar-refractivity contribution >= 4 is 21.6 Å². The number of hydrogen-bond donors (Lipinski definition) is 1. The second-order valence-electron chi connectivity index (χ2n) is 6.54. The second-order valence-corrected chi connectivity index (χ2v) is 8.30. The van der Waals surface area contributed by atoms with Crippen molar-refractivity contribution in [2.45, 2.75) is 30.6 Å². The number of nitrogens with one attached hydrogen (secondary N) is 1. The average molecular weight is 383 g/mol. The molecule has 0 saturated heterocycles. The van der Waals surface area contributed by atoms with Crippen LogP contribution in [-0.2, 0) is 10.0 Å². The Balaban J connectivity index is 1.81. The lowest BCUT2D eigenvalue weighted by atomic mass is 9.91. The lowest BCUT2D eigenvalue weighted by Gasteiger charge is -2.33. The van der Waals surface area contributed by atoms with Gasteiger partial charge in [-0.3, -0.25) is 4.79 Å². The SMILES string of the molecule is CC1CCN(C(=O)c2ccc(S(=O)(=O)NCCC#N)cc2)c2ccccc21. The quantitative estimate of drug-likeness (QED) is 0.804. The third kappa shape index (κ3) is 4.02. The van der Waals surface area contributed by atoms with Gasteiger partial charge in [-0.25, -0.2) is 13.1 Å². The van der Waals surface area contributed by atoms with E-state index in [1.807, 2.05) is 30.3 Å². The van der Waals surface area contributed by atoms with Crippen LogP contribution in [-0.4, -0.2) is 27.4 Å². The molecule has 1 atom stereocenters. The molecule has 0 saturated carbocycles. The molecule has 1 N–H and O–H groups in total. The van der Waals surface area contributed by atoms with Gasteiger partial charge in [0.25, 0.3) is 5.91 Å². The number of nitriles is 1. The molecule has 0 fully saturated rings. The molecule has 6 nitrogen and oxygen atoms in total. The van der Waals surface area contributed by atoms with Crippen molar-refractivity contribution < 1.29 is 13.2 Å². The van der Waals surface area contributed by atoms with Crippen molar-refractivity contribution in [2.75, 3.05) is 18.0 Å². The van der Waals surface area contributed by atoms with Gasteiger partial charge in [0.2, 0.25) is 10.0 Å². The predicted molar refractivity (Wildman–Crippen MR) is 103 cm³/mol. The maximum atomic E-state index is 13.0. The van der Waals surface area contributed by atoms with E-state index in [2.05, 4.69) is 11.6 Å². The van der Waals surface area contributed by atoms with Crippen LogP contribution < -0.4 is 9.62 Å². The van der Waals surface area contributed by atoms with Crippen molar-refractivity contribution in [1.82, 2.24) is 4.72 Å². The van der Waals surface area contributed by atoms with Gasteiger partial charge in [0, 0.05) is 30.8 Å². The molecule has 0 aliphatic carbocycles. The molecule has 2 aromatic rings. The Hall–Kier alpha value is -2.69. The third-order valence-corrected chi connectivity index (χ3v) is 6.21. The lowest BCUT2D eigenvalue weighted by molar-refractivity contribution is 0.0984. The van der Waals surface area contributed by atoms with E-state index in [0.29, 0.717) is 18.0 Å². The van der Waals surface area contributed by atoms with Crippen LogP contribution >= 0.6 is 0 Å². The molecule has 7 heteroatoms. The molecule has 0 aromatic heterocycles. The highest BCUT2D eigenvalue weighted by Gasteiger charge is 2.27. The Bertz CT molecular complexity index is 978. The molecule has 1 amide bonds. The van der Waals surface area contributed by atoms with E-state index in [1.165, 1.54) is 24.3 Å². The van der Waals surface area contributed by atoms with Gasteiger partial charge < -0.3 is 4.90 Å². The molecule has 1 aliphatic rings. The maximum Gasteiger partial charge on any atom is 0.258 e. The standard InChI is InChI=1S/C20H21N3O3S/c1-15-11-14-23(19-6-3-2-5-18(15)19)20(24)16-7-9-17(10-8-16)27(25,26)22-13-4-12-21/h2-3,5-10,15,22H,4,11,13-14H2,1H3. The number of benzene rings is 2. The molecule has 1 heterocycles. The first kappa shape index (κ1) is 19.1. The van der Waals surface area contributed by atoms with E-state index >= 15 is 0 Å². The number of para-hydroxylation sites is 1. The van der Waals surface area contributed by atoms with E-state index in [1.54, 1.807) is 4.90 Å². The molecule has 0 radical (unpaired) electrons. The lowest BCUT2D eigenvalue weighted by Crippen LogP contribution is -2.36. The first-order valence-electron chi connectivity index (χ1n) is 8.81. The summed E-state index contributed by atoms with van der Waals surface area (Å²) in [5, 5.41) is 8.51. The van der Waals surface area contributed by atoms with Gasteiger partial charge in [-0.2, -0.15) is 5.26 Å². The monoisotopic (exact) mass is 383 g/mol. The fraction of sp³-hybridized carbons (Fsp3) is 0.300. The van der Waals surface area contributed by atoms with Gasteiger partial charge in [-0.1, -0.05) is 25.1 Å². The summed E-state index contributed by atoms with van der Waals surface area (Å²) in [6.45, 7) is 2.84. The molecule has 0 spiro atoms. The summed E-state index contributed by atoms with van der Waals surface area (Å²) >= 11 is 0. The minimum atomic E-state index is -3.68. The summed E-state index contributed by atoms with van der Waals surface area (Å²) in [6.07, 6.45) is 0.987. The highest BCUT2D eigenvalue weighted by Crippen LogP contribution is 2.35. The summed E-state index contributed by atoms with van der Waals surface area (Å²) in [5.74, 6) is 0.257. The number of hydrogen-bond acceptors (Lipinski definition) is 4. The van der Waals surface area contributed by atoms with E-state index in [0.717, 1.165) is 17.7 Å². The molecule has 27 heavy (non-hydrogen) atoms. The van der Waals surface area contributed by atoms with Crippen molar-refractivity contribution in [1.29, 1.82) is 5.26 Å². The minimum Gasteiger partial charge on any atom is -0.308 e. The van der Waals surface area contributed by atoms with E-state index in [-0.39, 0.29) is 23.8 Å². The Morgan fingerprint density at radius 1 is 1.22 bits per heavy atom. The molecule has 1 aliphatic heterocycles. The van der Waals surface area contributed by atoms with Gasteiger partial charge >= 0.3 is 0 Å². The number of rotatable bonds is 5. The molecule has 3 rings (SSSR count). The smallest absolute Gasteiger partial charge is 0.258 e. The number of nitrogens with zero attached hydrogens (tertiary/aromatic N) is 2. The number of anilines is 1. The Kier molecular flexibility index (Phi) is 5.59. The van der Waals surface area contributed by atoms with Crippen molar-refractivity contribution in [3.05, 3.63) is 59.7 Å². The molecule has 1 unspecified atom stereocenters. The van der Waals surface area contributed by atoms with Gasteiger partial charge in [0.15, 0.2) is 0 Å². The van der Waals surface area contributed by atoms with Gasteiger partial charge in [0.05, 0.1) is 11.0 Å². The number of fused-ring (bicyclic) bond motifs is 1. The summed E-state index contributed by atoms with van der Waals surface area (Å²) < 4.78 is 26.7. The normalized spacial score (nSPS) is 16.4. The number of amides is 1. The van der Waals surface area contributed by atoms with Crippen LogP contribution in [0.4, 0.5) is 5.69 Å². The van der Waals surface area contributed by atoms with Gasteiger partial charge in [0.1, 0.15) is 0 Å². The van der Waals surface area contributed by atoms with E-state index in [4.69, 9.17) is 5.26 Å². The van der Waals surface area contributed by atoms with E-state index < -0.39 is 10.0 Å². The molecular formula is C20H21N3O3S. The van der Waals surface area contributed by atoms with Crippen LogP contribution in [0, 0.1) is 11.3 Å². The highest BCUT2D eigenvalue weighted by molar-refractivity contribution is 7.89. The van der Waals surface area contributed by atoms with E-state index in [9.17, 15) is 13.2 Å². The zero-order valence-corrected chi connectivity index (χ0v) is 15.9. The average Bonchev–Trinajstić information content (AvgIpc) is 2.68. The van der Waals surface area contributed by atoms with Crippen LogP contribution in [0.2, 0.25) is 0 Å². The van der Waals surface area contributed by atoms with Crippen molar-refractivity contribution in [3.8, 4) is 6.07 Å². The number of sulfonamides is 1. The summed E-state index contributed by atoms with van der Waals surface area (Å²) in [6, 6.07) is 15.7. The maximum absolute atomic E-state index is 13.0. The van der Waals surface area contributed by atoms with Crippen molar-refractivity contribution in [2.24, 2.45) is 0 Å². The van der Waals surface area contributed by atoms with Gasteiger partial charge in [-0.15, -0.1) is 0 Å². The molecule has 140 valence electrons. The summed E-state index contributed by atoms with van der Waals surface area (Å²) in [4.78, 5) is 14.8. The van der Waals surface area contributed by atoms with Crippen LogP contribution in [0.3, 0.4) is 0 Å². The fourth-order valence-corrected chi connectivity index (χ4v) is 4.25. The number of carbonyl (C=O) groups excluding carboxylic acids is 1. The predicted octanol–water partition coefficient (Wildman–Crippen LogP) is 3.03. The zero-order valence-electron chi connectivity index (χ0n) is 15.1. The molecule has 2 aromatic carbocycles. The molecule has 0 bridgehead atoms. The number of carbonyl (C=O) groups is 1. The summed E-state index contributed by atoms with van der Waals surface area (Å²) in [5.41, 5.74) is 2.50. The zero-order chi connectivity index (χ0) is 19.4. The van der Waals surface area contributed by atoms with Crippen LogP contribution in [0.5, 0.6) is 0 Å².